The number of carbonyl (C=O) groups is 2. The van der Waals surface area contributed by atoms with Crippen LogP contribution in [0.3, 0.4) is 0 Å². The van der Waals surface area contributed by atoms with Gasteiger partial charge in [0, 0.05) is 12.1 Å². The van der Waals surface area contributed by atoms with Gasteiger partial charge in [-0.15, -0.1) is 11.3 Å². The van der Waals surface area contributed by atoms with E-state index in [1.807, 2.05) is 60.7 Å². The number of para-hydroxylation sites is 2. The van der Waals surface area contributed by atoms with Crippen LogP contribution in [0.25, 0.3) is 0 Å². The van der Waals surface area contributed by atoms with Gasteiger partial charge in [0.25, 0.3) is 5.91 Å². The molecule has 7 heteroatoms. The Hall–Kier alpha value is -3.45. The van der Waals surface area contributed by atoms with E-state index in [1.54, 1.807) is 0 Å². The summed E-state index contributed by atoms with van der Waals surface area (Å²) in [6.07, 6.45) is 0.772. The van der Waals surface area contributed by atoms with Crippen molar-refractivity contribution in [2.24, 2.45) is 5.10 Å². The number of hydrogen-bond acceptors (Lipinski definition) is 6. The quantitative estimate of drug-likeness (QED) is 0.588. The van der Waals surface area contributed by atoms with Crippen LogP contribution in [-0.2, 0) is 11.2 Å². The molecule has 1 aliphatic carbocycles. The van der Waals surface area contributed by atoms with Crippen LogP contribution in [0.4, 0.5) is 16.4 Å². The second-order valence-electron chi connectivity index (χ2n) is 6.33. The molecule has 4 N–H and O–H groups in total. The molecule has 0 spiro atoms. The Labute approximate surface area is 166 Å². The van der Waals surface area contributed by atoms with E-state index in [0.717, 1.165) is 11.3 Å². The Bertz CT molecular complexity index is 1060. The van der Waals surface area contributed by atoms with E-state index in [1.165, 1.54) is 11.3 Å². The number of anilines is 3. The van der Waals surface area contributed by atoms with Gasteiger partial charge in [-0.25, -0.2) is 0 Å². The molecule has 2 aromatic carbocycles. The van der Waals surface area contributed by atoms with Crippen LogP contribution in [-0.4, -0.2) is 17.4 Å². The number of nitrogens with two attached hydrogens (primary N) is 1. The third-order valence-corrected chi connectivity index (χ3v) is 5.51. The lowest BCUT2D eigenvalue weighted by molar-refractivity contribution is -0.113. The molecule has 4 rings (SSSR count). The summed E-state index contributed by atoms with van der Waals surface area (Å²) < 4.78 is 0. The van der Waals surface area contributed by atoms with Gasteiger partial charge in [-0.2, -0.15) is 5.10 Å². The molecule has 1 heterocycles. The number of fused-ring (bicyclic) bond motifs is 1. The number of amides is 1. The van der Waals surface area contributed by atoms with Crippen molar-refractivity contribution in [1.82, 2.24) is 0 Å². The average molecular weight is 390 g/mol. The molecule has 0 saturated carbocycles. The zero-order chi connectivity index (χ0) is 19.5. The van der Waals surface area contributed by atoms with Gasteiger partial charge in [0.2, 0.25) is 0 Å². The van der Waals surface area contributed by atoms with E-state index in [-0.39, 0.29) is 11.7 Å². The largest absolute Gasteiger partial charge is 0.390 e. The fraction of sp³-hybridized carbons (Fsp3) is 0.0952. The van der Waals surface area contributed by atoms with Crippen molar-refractivity contribution in [1.29, 1.82) is 0 Å². The molecule has 0 aliphatic heterocycles. The molecular formula is C21H18N4O2S. The number of nitrogens with one attached hydrogen (secondary N) is 2. The molecule has 1 amide bonds. The summed E-state index contributed by atoms with van der Waals surface area (Å²) >= 11 is 1.23. The zero-order valence-corrected chi connectivity index (χ0v) is 15.8. The number of Topliss-reactive ketones (excluding diaryl/α,β-unsaturated/α-hetero) is 1. The summed E-state index contributed by atoms with van der Waals surface area (Å²) in [5.74, 6) is -0.335. The molecule has 0 radical (unpaired) electrons. The molecular weight excluding hydrogens is 372 g/mol. The first-order valence-electron chi connectivity index (χ1n) is 8.83. The smallest absolute Gasteiger partial charge is 0.258 e. The van der Waals surface area contributed by atoms with E-state index in [9.17, 15) is 9.59 Å². The second-order valence-corrected chi connectivity index (χ2v) is 7.38. The Balaban J connectivity index is 1.66. The van der Waals surface area contributed by atoms with E-state index in [2.05, 4.69) is 15.8 Å². The van der Waals surface area contributed by atoms with Crippen molar-refractivity contribution < 1.29 is 9.59 Å². The van der Waals surface area contributed by atoms with Gasteiger partial charge in [-0.05, 0) is 36.2 Å². The first-order chi connectivity index (χ1) is 13.6. The minimum atomic E-state index is -0.272. The van der Waals surface area contributed by atoms with Crippen molar-refractivity contribution in [2.75, 3.05) is 16.5 Å². The Kier molecular flexibility index (Phi) is 4.90. The third kappa shape index (κ3) is 3.52. The van der Waals surface area contributed by atoms with Crippen molar-refractivity contribution in [2.45, 2.75) is 12.8 Å². The lowest BCUT2D eigenvalue weighted by Gasteiger charge is -2.14. The van der Waals surface area contributed by atoms with E-state index in [4.69, 9.17) is 5.73 Å². The van der Waals surface area contributed by atoms with Crippen LogP contribution >= 0.6 is 11.3 Å². The van der Waals surface area contributed by atoms with E-state index < -0.39 is 0 Å². The number of rotatable bonds is 4. The second kappa shape index (κ2) is 7.66. The van der Waals surface area contributed by atoms with Crippen molar-refractivity contribution >= 4 is 45.1 Å². The summed E-state index contributed by atoms with van der Waals surface area (Å²) in [5.41, 5.74) is 12.1. The molecule has 140 valence electrons. The van der Waals surface area contributed by atoms with Crippen LogP contribution in [0.15, 0.2) is 65.8 Å². The topological polar surface area (TPSA) is 96.6 Å². The highest BCUT2D eigenvalue weighted by molar-refractivity contribution is 7.19. The predicted octanol–water partition coefficient (Wildman–Crippen LogP) is 3.91. The zero-order valence-electron chi connectivity index (χ0n) is 14.9. The van der Waals surface area contributed by atoms with Gasteiger partial charge >= 0.3 is 0 Å². The molecule has 0 unspecified atom stereocenters. The number of benzene rings is 2. The first-order valence-corrected chi connectivity index (χ1v) is 9.65. The van der Waals surface area contributed by atoms with Crippen LogP contribution in [0.1, 0.15) is 27.2 Å². The van der Waals surface area contributed by atoms with Gasteiger partial charge in [0.05, 0.1) is 21.1 Å². The van der Waals surface area contributed by atoms with Crippen LogP contribution in [0.2, 0.25) is 0 Å². The fourth-order valence-electron chi connectivity index (χ4n) is 3.11. The summed E-state index contributed by atoms with van der Waals surface area (Å²) in [6, 6.07) is 18.6. The fourth-order valence-corrected chi connectivity index (χ4v) is 4.23. The highest BCUT2D eigenvalue weighted by atomic mass is 32.1. The van der Waals surface area contributed by atoms with Crippen LogP contribution in [0.5, 0.6) is 0 Å². The monoisotopic (exact) mass is 390 g/mol. The molecule has 3 aromatic rings. The SMILES string of the molecule is Nc1sc2c(c1C(=O)Nc1ccccc1)CCC(=O)C2=NNc1ccccc1. The normalized spacial score (nSPS) is 14.6. The van der Waals surface area contributed by atoms with Crippen molar-refractivity contribution in [3.05, 3.63) is 76.7 Å². The molecule has 28 heavy (non-hydrogen) atoms. The highest BCUT2D eigenvalue weighted by Crippen LogP contribution is 2.36. The molecule has 6 nitrogen and oxygen atoms in total. The number of hydrogen-bond donors (Lipinski definition) is 3. The number of nitrogens with zero attached hydrogens (tertiary/aromatic N) is 1. The molecule has 0 bridgehead atoms. The molecule has 0 fully saturated rings. The number of carbonyl (C=O) groups excluding carboxylic acids is 2. The Morgan fingerprint density at radius 3 is 2.29 bits per heavy atom. The number of ketones is 1. The molecule has 0 saturated heterocycles. The predicted molar refractivity (Wildman–Crippen MR) is 113 cm³/mol. The van der Waals surface area contributed by atoms with Gasteiger partial charge in [-0.1, -0.05) is 36.4 Å². The number of hydrazone groups is 1. The maximum Gasteiger partial charge on any atom is 0.258 e. The lowest BCUT2D eigenvalue weighted by atomic mass is 9.93. The third-order valence-electron chi connectivity index (χ3n) is 4.44. The molecule has 0 atom stereocenters. The highest BCUT2D eigenvalue weighted by Gasteiger charge is 2.31. The lowest BCUT2D eigenvalue weighted by Crippen LogP contribution is -2.24. The maximum absolute atomic E-state index is 12.8. The van der Waals surface area contributed by atoms with Crippen LogP contribution < -0.4 is 16.5 Å². The van der Waals surface area contributed by atoms with Gasteiger partial charge in [0.15, 0.2) is 5.78 Å². The van der Waals surface area contributed by atoms with E-state index >= 15 is 0 Å². The minimum absolute atomic E-state index is 0.0628. The standard InChI is InChI=1S/C21H18N4O2S/c22-20-17(21(27)23-13-7-3-1-4-8-13)15-11-12-16(26)18(19(15)28-20)25-24-14-9-5-2-6-10-14/h1-10,24H,11-12,22H2,(H,23,27). The molecule has 1 aliphatic rings. The maximum atomic E-state index is 12.8. The molecule has 1 aromatic heterocycles. The minimum Gasteiger partial charge on any atom is -0.390 e. The summed E-state index contributed by atoms with van der Waals surface area (Å²) in [7, 11) is 0. The number of thiophene rings is 1. The Morgan fingerprint density at radius 1 is 0.964 bits per heavy atom. The van der Waals surface area contributed by atoms with Gasteiger partial charge < -0.3 is 11.1 Å². The van der Waals surface area contributed by atoms with Crippen LogP contribution in [0, 0.1) is 0 Å². The summed E-state index contributed by atoms with van der Waals surface area (Å²) in [5, 5.41) is 7.57. The van der Waals surface area contributed by atoms with Gasteiger partial charge in [0.1, 0.15) is 5.71 Å². The van der Waals surface area contributed by atoms with Gasteiger partial charge in [-0.3, -0.25) is 15.0 Å². The van der Waals surface area contributed by atoms with Crippen molar-refractivity contribution in [3.63, 3.8) is 0 Å². The average Bonchev–Trinajstić information content (AvgIpc) is 3.05. The summed E-state index contributed by atoms with van der Waals surface area (Å²) in [4.78, 5) is 25.9. The number of nitrogen functional groups attached to an aromatic ring is 1. The Morgan fingerprint density at radius 2 is 1.61 bits per heavy atom. The van der Waals surface area contributed by atoms with E-state index in [0.29, 0.717) is 39.7 Å². The van der Waals surface area contributed by atoms with Crippen molar-refractivity contribution in [3.8, 4) is 0 Å². The summed E-state index contributed by atoms with van der Waals surface area (Å²) in [6.45, 7) is 0. The first kappa shape index (κ1) is 17.9.